The van der Waals surface area contributed by atoms with Gasteiger partial charge in [0.15, 0.2) is 14.5 Å². The lowest BCUT2D eigenvalue weighted by Crippen LogP contribution is -2.41. The molecule has 35 heavy (non-hydrogen) atoms. The number of benzene rings is 1. The van der Waals surface area contributed by atoms with E-state index in [9.17, 15) is 0 Å². The maximum atomic E-state index is 6.67. The van der Waals surface area contributed by atoms with E-state index in [0.717, 1.165) is 47.9 Å². The summed E-state index contributed by atoms with van der Waals surface area (Å²) >= 11 is 6.67. The summed E-state index contributed by atoms with van der Waals surface area (Å²) in [6.07, 6.45) is 3.76. The van der Waals surface area contributed by atoms with E-state index in [1.807, 2.05) is 16.8 Å². The number of hydrogen-bond acceptors (Lipinski definition) is 5. The van der Waals surface area contributed by atoms with Gasteiger partial charge in [0.1, 0.15) is 0 Å². The van der Waals surface area contributed by atoms with Crippen LogP contribution >= 0.6 is 11.6 Å². The van der Waals surface area contributed by atoms with Crippen molar-refractivity contribution in [3.8, 4) is 0 Å². The molecular weight excluding hydrogens is 479 g/mol. The van der Waals surface area contributed by atoms with Gasteiger partial charge in [-0.15, -0.1) is 0 Å². The maximum absolute atomic E-state index is 6.67. The Morgan fingerprint density at radius 1 is 1.14 bits per heavy atom. The molecule has 3 heterocycles. The largest absolute Gasteiger partial charge is 0.495 e. The van der Waals surface area contributed by atoms with Crippen LogP contribution in [0, 0.1) is 0 Å². The van der Waals surface area contributed by atoms with Crippen molar-refractivity contribution in [1.82, 2.24) is 9.78 Å². The fraction of sp³-hybridized carbons (Fsp3) is 0.731. The second-order valence-electron chi connectivity index (χ2n) is 12.5. The Balaban J connectivity index is 1.76. The summed E-state index contributed by atoms with van der Waals surface area (Å²) in [5.41, 5.74) is 1.99. The van der Waals surface area contributed by atoms with Gasteiger partial charge in [-0.05, 0) is 82.7 Å². The monoisotopic (exact) mass is 520 g/mol. The number of halogens is 1. The summed E-state index contributed by atoms with van der Waals surface area (Å²) in [7, 11) is -2.39. The van der Waals surface area contributed by atoms with Crippen LogP contribution in [0.3, 0.4) is 0 Å². The molecule has 1 aromatic carbocycles. The first kappa shape index (κ1) is 27.1. The summed E-state index contributed by atoms with van der Waals surface area (Å²) in [5, 5.41) is 6.94. The Morgan fingerprint density at radius 3 is 2.37 bits per heavy atom. The summed E-state index contributed by atoms with van der Waals surface area (Å²) in [6.45, 7) is 21.0. The first-order valence-electron chi connectivity index (χ1n) is 12.9. The highest BCUT2D eigenvalue weighted by molar-refractivity contribution is 6.74. The maximum Gasteiger partial charge on any atom is 0.495 e. The molecule has 1 aromatic heterocycles. The third-order valence-corrected chi connectivity index (χ3v) is 13.2. The molecule has 2 saturated heterocycles. The van der Waals surface area contributed by atoms with Crippen LogP contribution in [-0.4, -0.2) is 49.6 Å². The van der Waals surface area contributed by atoms with Crippen molar-refractivity contribution >= 4 is 43.4 Å². The molecule has 1 atom stereocenters. The molecule has 6 nitrogen and oxygen atoms in total. The standard InChI is InChI=1S/C26H42BClN2O4Si/c1-24(2,3)35(8,9)32-15-13-20-23-19(27-33-25(4,5)26(6,7)34-27)16-18(28)17-21(23)30(29-20)22-12-10-11-14-31-22/h16-17,22H,10-15H2,1-9H3. The highest BCUT2D eigenvalue weighted by Crippen LogP contribution is 2.39. The fourth-order valence-electron chi connectivity index (χ4n) is 4.43. The number of rotatable bonds is 6. The highest BCUT2D eigenvalue weighted by atomic mass is 35.5. The topological polar surface area (TPSA) is 54.7 Å². The first-order valence-corrected chi connectivity index (χ1v) is 16.2. The minimum Gasteiger partial charge on any atom is -0.416 e. The third kappa shape index (κ3) is 5.25. The van der Waals surface area contributed by atoms with E-state index in [0.29, 0.717) is 18.1 Å². The average molecular weight is 521 g/mol. The number of nitrogens with zero attached hydrogens (tertiary/aromatic N) is 2. The zero-order valence-electron chi connectivity index (χ0n) is 23.0. The van der Waals surface area contributed by atoms with Crippen molar-refractivity contribution < 1.29 is 18.5 Å². The van der Waals surface area contributed by atoms with Crippen LogP contribution in [0.4, 0.5) is 0 Å². The number of aromatic nitrogens is 2. The minimum atomic E-state index is -1.87. The van der Waals surface area contributed by atoms with E-state index in [1.165, 1.54) is 0 Å². The van der Waals surface area contributed by atoms with Crippen LogP contribution in [0.1, 0.15) is 79.7 Å². The normalized spacial score (nSPS) is 22.8. The fourth-order valence-corrected chi connectivity index (χ4v) is 5.69. The lowest BCUT2D eigenvalue weighted by Gasteiger charge is -2.36. The van der Waals surface area contributed by atoms with Crippen molar-refractivity contribution in [2.45, 2.75) is 110 Å². The van der Waals surface area contributed by atoms with Crippen LogP contribution in [0.2, 0.25) is 23.2 Å². The molecule has 194 valence electrons. The van der Waals surface area contributed by atoms with Crippen LogP contribution < -0.4 is 5.46 Å². The number of hydrogen-bond donors (Lipinski definition) is 0. The Morgan fingerprint density at radius 2 is 1.80 bits per heavy atom. The summed E-state index contributed by atoms with van der Waals surface area (Å²) < 4.78 is 27.6. The van der Waals surface area contributed by atoms with E-state index < -0.39 is 26.6 Å². The van der Waals surface area contributed by atoms with Crippen LogP contribution in [0.5, 0.6) is 0 Å². The minimum absolute atomic E-state index is 0.0917. The molecule has 2 aliphatic heterocycles. The second kappa shape index (κ2) is 9.44. The lowest BCUT2D eigenvalue weighted by atomic mass is 9.76. The molecule has 1 unspecified atom stereocenters. The third-order valence-electron chi connectivity index (χ3n) is 8.42. The molecule has 9 heteroatoms. The SMILES string of the molecule is CC1(C)OB(c2cc(Cl)cc3c2c(CCO[Si](C)(C)C(C)(C)C)nn3C2CCCCO2)OC1(C)C. The zero-order valence-corrected chi connectivity index (χ0v) is 24.7. The van der Waals surface area contributed by atoms with Crippen molar-refractivity contribution in [1.29, 1.82) is 0 Å². The summed E-state index contributed by atoms with van der Waals surface area (Å²) in [5.74, 6) is 0. The molecule has 2 fully saturated rings. The Bertz CT molecular complexity index is 1060. The Kier molecular flexibility index (Phi) is 7.32. The molecular formula is C26H42BClN2O4Si. The van der Waals surface area contributed by atoms with Crippen LogP contribution in [0.25, 0.3) is 10.9 Å². The van der Waals surface area contributed by atoms with Gasteiger partial charge in [-0.2, -0.15) is 5.10 Å². The Hall–Kier alpha value is -0.898. The van der Waals surface area contributed by atoms with E-state index >= 15 is 0 Å². The molecule has 0 bridgehead atoms. The molecule has 0 aliphatic carbocycles. The van der Waals surface area contributed by atoms with Gasteiger partial charge in [0.2, 0.25) is 0 Å². The van der Waals surface area contributed by atoms with Crippen molar-refractivity contribution in [2.24, 2.45) is 0 Å². The Labute approximate surface area is 217 Å². The van der Waals surface area contributed by atoms with E-state index in [2.05, 4.69) is 61.6 Å². The second-order valence-corrected chi connectivity index (χ2v) is 17.8. The lowest BCUT2D eigenvalue weighted by molar-refractivity contribution is -0.0369. The molecule has 0 N–H and O–H groups in total. The van der Waals surface area contributed by atoms with Gasteiger partial charge >= 0.3 is 7.12 Å². The predicted molar refractivity (Wildman–Crippen MR) is 146 cm³/mol. The average Bonchev–Trinajstić information content (AvgIpc) is 3.20. The summed E-state index contributed by atoms with van der Waals surface area (Å²) in [4.78, 5) is 0. The van der Waals surface area contributed by atoms with Gasteiger partial charge < -0.3 is 18.5 Å². The molecule has 2 aromatic rings. The van der Waals surface area contributed by atoms with E-state index in [1.54, 1.807) is 0 Å². The van der Waals surface area contributed by atoms with Gasteiger partial charge in [0.05, 0.1) is 22.4 Å². The van der Waals surface area contributed by atoms with Gasteiger partial charge in [-0.3, -0.25) is 0 Å². The van der Waals surface area contributed by atoms with E-state index in [4.69, 9.17) is 35.2 Å². The molecule has 0 amide bonds. The molecule has 0 saturated carbocycles. The molecule has 2 aliphatic rings. The van der Waals surface area contributed by atoms with Crippen molar-refractivity contribution in [3.05, 3.63) is 22.8 Å². The molecule has 0 spiro atoms. The van der Waals surface area contributed by atoms with Gasteiger partial charge in [0.25, 0.3) is 0 Å². The smallest absolute Gasteiger partial charge is 0.416 e. The molecule has 4 rings (SSSR count). The number of ether oxygens (including phenoxy) is 1. The van der Waals surface area contributed by atoms with E-state index in [-0.39, 0.29) is 11.3 Å². The van der Waals surface area contributed by atoms with Gasteiger partial charge in [-0.25, -0.2) is 4.68 Å². The van der Waals surface area contributed by atoms with Crippen LogP contribution in [-0.2, 0) is 24.9 Å². The van der Waals surface area contributed by atoms with Gasteiger partial charge in [0, 0.05) is 30.0 Å². The zero-order chi connectivity index (χ0) is 25.8. The number of fused-ring (bicyclic) bond motifs is 1. The quantitative estimate of drug-likeness (QED) is 0.421. The molecule has 0 radical (unpaired) electrons. The van der Waals surface area contributed by atoms with Crippen LogP contribution in [0.15, 0.2) is 12.1 Å². The van der Waals surface area contributed by atoms with Crippen molar-refractivity contribution in [3.63, 3.8) is 0 Å². The van der Waals surface area contributed by atoms with Crippen molar-refractivity contribution in [2.75, 3.05) is 13.2 Å². The summed E-state index contributed by atoms with van der Waals surface area (Å²) in [6, 6.07) is 3.97. The first-order chi connectivity index (χ1) is 16.1. The van der Waals surface area contributed by atoms with Gasteiger partial charge in [-0.1, -0.05) is 32.4 Å². The predicted octanol–water partition coefficient (Wildman–Crippen LogP) is 6.25. The highest BCUT2D eigenvalue weighted by Gasteiger charge is 2.52.